The third-order valence-electron chi connectivity index (χ3n) is 2.29. The van der Waals surface area contributed by atoms with E-state index in [1.807, 2.05) is 13.2 Å². The highest BCUT2D eigenvalue weighted by Gasteiger charge is 2.22. The van der Waals surface area contributed by atoms with Gasteiger partial charge in [-0.15, -0.1) is 11.6 Å². The van der Waals surface area contributed by atoms with Crippen molar-refractivity contribution in [3.63, 3.8) is 0 Å². The second kappa shape index (κ2) is 6.77. The van der Waals surface area contributed by atoms with Gasteiger partial charge in [-0.25, -0.2) is 0 Å². The Labute approximate surface area is 111 Å². The van der Waals surface area contributed by atoms with Crippen LogP contribution >= 0.6 is 23.4 Å². The highest BCUT2D eigenvalue weighted by atomic mass is 35.5. The highest BCUT2D eigenvalue weighted by Crippen LogP contribution is 2.20. The SMILES string of the molecule is COc1ccc(NC(=O)[C@H](SC)[C@@H](C)Cl)cc1. The molecule has 0 aliphatic rings. The van der Waals surface area contributed by atoms with Crippen LogP contribution in [0.15, 0.2) is 24.3 Å². The number of rotatable bonds is 5. The summed E-state index contributed by atoms with van der Waals surface area (Å²) >= 11 is 7.40. The Hall–Kier alpha value is -0.870. The molecule has 1 N–H and O–H groups in total. The minimum Gasteiger partial charge on any atom is -0.497 e. The number of alkyl halides is 1. The minimum atomic E-state index is -0.251. The summed E-state index contributed by atoms with van der Waals surface area (Å²) in [5.74, 6) is 0.681. The topological polar surface area (TPSA) is 38.3 Å². The molecular weight excluding hydrogens is 258 g/mol. The van der Waals surface area contributed by atoms with Crippen molar-refractivity contribution in [3.8, 4) is 5.75 Å². The third kappa shape index (κ3) is 4.13. The molecule has 94 valence electrons. The van der Waals surface area contributed by atoms with Gasteiger partial charge in [0.25, 0.3) is 0 Å². The number of benzene rings is 1. The summed E-state index contributed by atoms with van der Waals surface area (Å²) in [4.78, 5) is 11.9. The van der Waals surface area contributed by atoms with Gasteiger partial charge in [0.2, 0.25) is 5.91 Å². The van der Waals surface area contributed by atoms with E-state index >= 15 is 0 Å². The molecular formula is C12H16ClNO2S. The van der Waals surface area contributed by atoms with Crippen LogP contribution in [-0.2, 0) is 4.79 Å². The lowest BCUT2D eigenvalue weighted by Gasteiger charge is -2.16. The molecule has 0 aliphatic heterocycles. The summed E-state index contributed by atoms with van der Waals surface area (Å²) in [6.07, 6.45) is 1.87. The van der Waals surface area contributed by atoms with E-state index < -0.39 is 0 Å². The fourth-order valence-electron chi connectivity index (χ4n) is 1.39. The number of ether oxygens (including phenoxy) is 1. The molecule has 0 saturated carbocycles. The van der Waals surface area contributed by atoms with Gasteiger partial charge in [0.1, 0.15) is 5.75 Å². The molecule has 1 rings (SSSR count). The first-order valence-electron chi connectivity index (χ1n) is 5.20. The second-order valence-corrected chi connectivity index (χ2v) is 5.22. The van der Waals surface area contributed by atoms with Crippen molar-refractivity contribution in [1.82, 2.24) is 0 Å². The Balaban J connectivity index is 2.66. The normalized spacial score (nSPS) is 13.9. The Morgan fingerprint density at radius 3 is 2.41 bits per heavy atom. The summed E-state index contributed by atoms with van der Waals surface area (Å²) in [7, 11) is 1.60. The number of anilines is 1. The quantitative estimate of drug-likeness (QED) is 0.838. The van der Waals surface area contributed by atoms with Gasteiger partial charge < -0.3 is 10.1 Å². The van der Waals surface area contributed by atoms with Gasteiger partial charge in [0.15, 0.2) is 0 Å². The summed E-state index contributed by atoms with van der Waals surface area (Å²) in [5.41, 5.74) is 0.743. The van der Waals surface area contributed by atoms with Crippen LogP contribution in [0.4, 0.5) is 5.69 Å². The lowest BCUT2D eigenvalue weighted by molar-refractivity contribution is -0.115. The average Bonchev–Trinajstić information content (AvgIpc) is 2.30. The van der Waals surface area contributed by atoms with Crippen molar-refractivity contribution in [1.29, 1.82) is 0 Å². The van der Waals surface area contributed by atoms with E-state index in [0.29, 0.717) is 0 Å². The number of nitrogens with one attached hydrogen (secondary N) is 1. The number of hydrogen-bond donors (Lipinski definition) is 1. The van der Waals surface area contributed by atoms with Crippen molar-refractivity contribution in [2.24, 2.45) is 0 Å². The molecule has 0 aromatic heterocycles. The summed E-state index contributed by atoms with van der Waals surface area (Å²) < 4.78 is 5.04. The standard InChI is InChI=1S/C12H16ClNO2S/c1-8(13)11(17-3)12(15)14-9-4-6-10(16-2)7-5-9/h4-8,11H,1-3H3,(H,14,15)/t8-,11-/m1/s1. The van der Waals surface area contributed by atoms with E-state index in [1.165, 1.54) is 11.8 Å². The largest absolute Gasteiger partial charge is 0.497 e. The van der Waals surface area contributed by atoms with E-state index in [-0.39, 0.29) is 16.5 Å². The van der Waals surface area contributed by atoms with Crippen molar-refractivity contribution in [2.45, 2.75) is 17.6 Å². The zero-order chi connectivity index (χ0) is 12.8. The van der Waals surface area contributed by atoms with Gasteiger partial charge >= 0.3 is 0 Å². The Kier molecular flexibility index (Phi) is 5.65. The Bertz CT molecular complexity index is 367. The fraction of sp³-hybridized carbons (Fsp3) is 0.417. The number of methoxy groups -OCH3 is 1. The van der Waals surface area contributed by atoms with E-state index in [0.717, 1.165) is 11.4 Å². The maximum atomic E-state index is 11.9. The molecule has 0 bridgehead atoms. The number of hydrogen-bond acceptors (Lipinski definition) is 3. The Morgan fingerprint density at radius 2 is 2.00 bits per heavy atom. The molecule has 1 aromatic rings. The van der Waals surface area contributed by atoms with Crippen LogP contribution in [-0.4, -0.2) is 29.9 Å². The molecule has 1 amide bonds. The number of thioether (sulfide) groups is 1. The van der Waals surface area contributed by atoms with Crippen LogP contribution in [0.3, 0.4) is 0 Å². The minimum absolute atomic E-state index is 0.0785. The first-order valence-corrected chi connectivity index (χ1v) is 6.92. The first kappa shape index (κ1) is 14.2. The molecule has 1 aromatic carbocycles. The zero-order valence-electron chi connectivity index (χ0n) is 10.1. The monoisotopic (exact) mass is 273 g/mol. The zero-order valence-corrected chi connectivity index (χ0v) is 11.6. The van der Waals surface area contributed by atoms with Crippen LogP contribution in [0, 0.1) is 0 Å². The van der Waals surface area contributed by atoms with E-state index in [2.05, 4.69) is 5.32 Å². The van der Waals surface area contributed by atoms with Gasteiger partial charge in [-0.1, -0.05) is 0 Å². The fourth-order valence-corrected chi connectivity index (χ4v) is 2.46. The molecule has 17 heavy (non-hydrogen) atoms. The molecule has 3 nitrogen and oxygen atoms in total. The molecule has 0 heterocycles. The van der Waals surface area contributed by atoms with Crippen LogP contribution in [0.2, 0.25) is 0 Å². The van der Waals surface area contributed by atoms with Crippen LogP contribution < -0.4 is 10.1 Å². The lowest BCUT2D eigenvalue weighted by atomic mass is 10.2. The van der Waals surface area contributed by atoms with Gasteiger partial charge in [-0.05, 0) is 37.4 Å². The van der Waals surface area contributed by atoms with Crippen molar-refractivity contribution in [2.75, 3.05) is 18.7 Å². The lowest BCUT2D eigenvalue weighted by Crippen LogP contribution is -2.31. The second-order valence-electron chi connectivity index (χ2n) is 3.55. The molecule has 0 radical (unpaired) electrons. The maximum Gasteiger partial charge on any atom is 0.238 e. The number of halogens is 1. The van der Waals surface area contributed by atoms with E-state index in [4.69, 9.17) is 16.3 Å². The van der Waals surface area contributed by atoms with Crippen LogP contribution in [0.25, 0.3) is 0 Å². The molecule has 0 aliphatic carbocycles. The summed E-state index contributed by atoms with van der Waals surface area (Å²) in [6.45, 7) is 1.82. The third-order valence-corrected chi connectivity index (χ3v) is 3.82. The number of amides is 1. The molecule has 0 fully saturated rings. The smallest absolute Gasteiger partial charge is 0.238 e. The van der Waals surface area contributed by atoms with Gasteiger partial charge in [-0.3, -0.25) is 4.79 Å². The van der Waals surface area contributed by atoms with Crippen molar-refractivity contribution in [3.05, 3.63) is 24.3 Å². The maximum absolute atomic E-state index is 11.9. The summed E-state index contributed by atoms with van der Waals surface area (Å²) in [5, 5.41) is 2.37. The number of carbonyl (C=O) groups excluding carboxylic acids is 1. The average molecular weight is 274 g/mol. The van der Waals surface area contributed by atoms with Crippen LogP contribution in [0.1, 0.15) is 6.92 Å². The van der Waals surface area contributed by atoms with E-state index in [9.17, 15) is 4.79 Å². The molecule has 2 atom stereocenters. The van der Waals surface area contributed by atoms with E-state index in [1.54, 1.807) is 31.4 Å². The predicted octanol–water partition coefficient (Wildman–Crippen LogP) is 2.99. The van der Waals surface area contributed by atoms with Crippen molar-refractivity contribution >= 4 is 35.0 Å². The highest BCUT2D eigenvalue weighted by molar-refractivity contribution is 8.00. The van der Waals surface area contributed by atoms with Gasteiger partial charge in [0.05, 0.1) is 17.7 Å². The Morgan fingerprint density at radius 1 is 1.41 bits per heavy atom. The number of carbonyl (C=O) groups is 1. The van der Waals surface area contributed by atoms with Gasteiger partial charge in [-0.2, -0.15) is 11.8 Å². The molecule has 5 heteroatoms. The first-order chi connectivity index (χ1) is 8.08. The molecule has 0 saturated heterocycles. The predicted molar refractivity (Wildman–Crippen MR) is 74.2 cm³/mol. The summed E-state index contributed by atoms with van der Waals surface area (Å²) in [6, 6.07) is 7.20. The van der Waals surface area contributed by atoms with Gasteiger partial charge in [0, 0.05) is 5.69 Å². The molecule has 0 unspecified atom stereocenters. The van der Waals surface area contributed by atoms with Crippen LogP contribution in [0.5, 0.6) is 5.75 Å². The molecule has 0 spiro atoms. The van der Waals surface area contributed by atoms with Crippen molar-refractivity contribution < 1.29 is 9.53 Å².